The number of para-hydroxylation sites is 1. The lowest BCUT2D eigenvalue weighted by Gasteiger charge is -2.11. The number of carbonyl (C=O) groups is 2. The molecule has 0 fully saturated rings. The Balaban J connectivity index is 0.000000406. The molecule has 6 N–H and O–H groups in total. The molecule has 0 atom stereocenters. The first-order chi connectivity index (χ1) is 16.1. The summed E-state index contributed by atoms with van der Waals surface area (Å²) in [5.74, 6) is -2.92. The zero-order chi connectivity index (χ0) is 24.9. The summed E-state index contributed by atoms with van der Waals surface area (Å²) in [4.78, 5) is 24.9. The molecule has 0 unspecified atom stereocenters. The van der Waals surface area contributed by atoms with Gasteiger partial charge in [-0.3, -0.25) is 10.2 Å². The molecule has 174 valence electrons. The predicted molar refractivity (Wildman–Crippen MR) is 123 cm³/mol. The molecular weight excluding hydrogens is 449 g/mol. The van der Waals surface area contributed by atoms with Crippen LogP contribution in [-0.2, 0) is 4.79 Å². The Morgan fingerprint density at radius 2 is 1.62 bits per heavy atom. The second-order valence-electron chi connectivity index (χ2n) is 7.08. The molecule has 0 radical (unpaired) electrons. The maximum Gasteiger partial charge on any atom is 0.490 e. The highest BCUT2D eigenvalue weighted by Gasteiger charge is 2.38. The maximum absolute atomic E-state index is 12.8. The van der Waals surface area contributed by atoms with Crippen LogP contribution in [0.2, 0.25) is 0 Å². The number of H-pyrrole nitrogens is 1. The molecular formula is C24H19F3N4O3. The molecule has 0 saturated carbocycles. The van der Waals surface area contributed by atoms with E-state index in [0.717, 1.165) is 27.7 Å². The van der Waals surface area contributed by atoms with Gasteiger partial charge in [-0.25, -0.2) is 4.79 Å². The molecule has 4 aromatic rings. The number of hydrogen-bond donors (Lipinski definition) is 5. The Morgan fingerprint density at radius 1 is 0.941 bits per heavy atom. The summed E-state index contributed by atoms with van der Waals surface area (Å²) in [7, 11) is 0. The molecule has 7 nitrogen and oxygen atoms in total. The van der Waals surface area contributed by atoms with Crippen molar-refractivity contribution < 1.29 is 27.9 Å². The van der Waals surface area contributed by atoms with Crippen LogP contribution in [0, 0.1) is 5.41 Å². The third-order valence-electron chi connectivity index (χ3n) is 4.69. The van der Waals surface area contributed by atoms with E-state index in [1.165, 1.54) is 0 Å². The minimum atomic E-state index is -5.08. The van der Waals surface area contributed by atoms with E-state index >= 15 is 0 Å². The smallest absolute Gasteiger partial charge is 0.475 e. The molecule has 10 heteroatoms. The quantitative estimate of drug-likeness (QED) is 0.213. The van der Waals surface area contributed by atoms with Crippen molar-refractivity contribution in [1.29, 1.82) is 5.41 Å². The minimum Gasteiger partial charge on any atom is -0.475 e. The topological polar surface area (TPSA) is 132 Å². The SMILES string of the molecule is N=C(N)c1ccc2cc(C(=O)Nc3ccccc3)cc(-c3ccc[nH]3)c2c1.O=C(O)C(F)(F)F. The molecule has 1 aromatic heterocycles. The number of carboxylic acid groups (broad SMARTS) is 1. The molecule has 0 aliphatic rings. The summed E-state index contributed by atoms with van der Waals surface area (Å²) in [5.41, 5.74) is 9.39. The fourth-order valence-corrected chi connectivity index (χ4v) is 3.10. The van der Waals surface area contributed by atoms with Crippen molar-refractivity contribution in [2.75, 3.05) is 5.32 Å². The van der Waals surface area contributed by atoms with Gasteiger partial charge in [0, 0.05) is 34.3 Å². The Hall–Kier alpha value is -4.60. The molecule has 34 heavy (non-hydrogen) atoms. The normalized spacial score (nSPS) is 10.8. The first-order valence-corrected chi connectivity index (χ1v) is 9.78. The lowest BCUT2D eigenvalue weighted by molar-refractivity contribution is -0.192. The van der Waals surface area contributed by atoms with E-state index in [9.17, 15) is 18.0 Å². The van der Waals surface area contributed by atoms with Gasteiger partial charge in [0.05, 0.1) is 0 Å². The van der Waals surface area contributed by atoms with Gasteiger partial charge in [0.15, 0.2) is 0 Å². The average Bonchev–Trinajstić information content (AvgIpc) is 3.33. The summed E-state index contributed by atoms with van der Waals surface area (Å²) in [6.45, 7) is 0. The number of aromatic nitrogens is 1. The first-order valence-electron chi connectivity index (χ1n) is 9.78. The van der Waals surface area contributed by atoms with E-state index in [2.05, 4.69) is 10.3 Å². The number of carbonyl (C=O) groups excluding carboxylic acids is 1. The number of amidine groups is 1. The van der Waals surface area contributed by atoms with Crippen LogP contribution in [-0.4, -0.2) is 34.0 Å². The number of amides is 1. The van der Waals surface area contributed by atoms with Crippen molar-refractivity contribution in [1.82, 2.24) is 4.98 Å². The molecule has 0 saturated heterocycles. The van der Waals surface area contributed by atoms with E-state index in [1.54, 1.807) is 6.07 Å². The molecule has 1 amide bonds. The number of hydrogen-bond acceptors (Lipinski definition) is 3. The number of rotatable bonds is 4. The molecule has 0 aliphatic heterocycles. The van der Waals surface area contributed by atoms with Gasteiger partial charge in [-0.2, -0.15) is 13.2 Å². The largest absolute Gasteiger partial charge is 0.490 e. The van der Waals surface area contributed by atoms with Crippen LogP contribution >= 0.6 is 0 Å². The lowest BCUT2D eigenvalue weighted by Crippen LogP contribution is -2.21. The van der Waals surface area contributed by atoms with Crippen molar-refractivity contribution in [3.63, 3.8) is 0 Å². The number of fused-ring (bicyclic) bond motifs is 1. The Morgan fingerprint density at radius 3 is 2.18 bits per heavy atom. The molecule has 1 heterocycles. The van der Waals surface area contributed by atoms with Gasteiger partial charge in [0.1, 0.15) is 5.84 Å². The number of carboxylic acids is 1. The van der Waals surface area contributed by atoms with Crippen molar-refractivity contribution >= 4 is 34.2 Å². The van der Waals surface area contributed by atoms with E-state index in [-0.39, 0.29) is 11.7 Å². The highest BCUT2D eigenvalue weighted by molar-refractivity contribution is 6.10. The van der Waals surface area contributed by atoms with Gasteiger partial charge in [-0.1, -0.05) is 30.3 Å². The van der Waals surface area contributed by atoms with E-state index in [0.29, 0.717) is 11.1 Å². The third kappa shape index (κ3) is 5.80. The van der Waals surface area contributed by atoms with Gasteiger partial charge in [-0.15, -0.1) is 0 Å². The molecule has 3 aromatic carbocycles. The third-order valence-corrected chi connectivity index (χ3v) is 4.69. The van der Waals surface area contributed by atoms with Crippen LogP contribution in [0.4, 0.5) is 18.9 Å². The van der Waals surface area contributed by atoms with Crippen molar-refractivity contribution in [2.45, 2.75) is 6.18 Å². The number of benzene rings is 3. The van der Waals surface area contributed by atoms with E-state index in [4.69, 9.17) is 21.0 Å². The first kappa shape index (κ1) is 24.1. The zero-order valence-electron chi connectivity index (χ0n) is 17.5. The van der Waals surface area contributed by atoms with Gasteiger partial charge in [0.25, 0.3) is 5.91 Å². The van der Waals surface area contributed by atoms with Crippen LogP contribution in [0.3, 0.4) is 0 Å². The second kappa shape index (κ2) is 9.90. The van der Waals surface area contributed by atoms with E-state index < -0.39 is 12.1 Å². The van der Waals surface area contributed by atoms with Crippen LogP contribution in [0.15, 0.2) is 79.0 Å². The Kier molecular flexibility index (Phi) is 7.01. The van der Waals surface area contributed by atoms with Gasteiger partial charge < -0.3 is 21.1 Å². The zero-order valence-corrected chi connectivity index (χ0v) is 17.5. The molecule has 0 spiro atoms. The number of nitrogens with two attached hydrogens (primary N) is 1. The van der Waals surface area contributed by atoms with Crippen LogP contribution in [0.1, 0.15) is 15.9 Å². The number of alkyl halides is 3. The number of halogens is 3. The molecule has 4 rings (SSSR count). The summed E-state index contributed by atoms with van der Waals surface area (Å²) < 4.78 is 31.7. The van der Waals surface area contributed by atoms with Crippen molar-refractivity contribution in [3.05, 3.63) is 90.1 Å². The van der Waals surface area contributed by atoms with Crippen molar-refractivity contribution in [3.8, 4) is 11.3 Å². The second-order valence-corrected chi connectivity index (χ2v) is 7.08. The van der Waals surface area contributed by atoms with Crippen LogP contribution in [0.5, 0.6) is 0 Å². The maximum atomic E-state index is 12.8. The lowest BCUT2D eigenvalue weighted by atomic mass is 9.96. The fourth-order valence-electron chi connectivity index (χ4n) is 3.10. The Labute approximate surface area is 191 Å². The number of nitrogen functional groups attached to an aromatic ring is 1. The average molecular weight is 468 g/mol. The molecule has 0 bridgehead atoms. The fraction of sp³-hybridized carbons (Fsp3) is 0.0417. The van der Waals surface area contributed by atoms with Crippen LogP contribution < -0.4 is 11.1 Å². The summed E-state index contributed by atoms with van der Waals surface area (Å²) in [6.07, 6.45) is -3.24. The van der Waals surface area contributed by atoms with Gasteiger partial charge in [0.2, 0.25) is 0 Å². The van der Waals surface area contributed by atoms with Crippen molar-refractivity contribution in [2.24, 2.45) is 5.73 Å². The highest BCUT2D eigenvalue weighted by atomic mass is 19.4. The van der Waals surface area contributed by atoms with E-state index in [1.807, 2.05) is 72.9 Å². The van der Waals surface area contributed by atoms with Gasteiger partial charge in [-0.05, 0) is 53.2 Å². The Bertz CT molecular complexity index is 1340. The number of nitrogens with one attached hydrogen (secondary N) is 3. The summed E-state index contributed by atoms with van der Waals surface area (Å²) in [6, 6.07) is 22.5. The van der Waals surface area contributed by atoms with Gasteiger partial charge >= 0.3 is 12.1 Å². The number of anilines is 1. The minimum absolute atomic E-state index is 0.0141. The summed E-state index contributed by atoms with van der Waals surface area (Å²) >= 11 is 0. The standard InChI is InChI=1S/C22H18N4O.C2HF3O2/c23-21(24)15-9-8-14-11-16(22(27)26-17-5-2-1-3-6-17)13-19(18(14)12-15)20-7-4-10-25-20;3-2(4,5)1(6)7/h1-13,25H,(H3,23,24)(H,26,27);(H,6,7). The highest BCUT2D eigenvalue weighted by Crippen LogP contribution is 2.30. The monoisotopic (exact) mass is 468 g/mol. The predicted octanol–water partition coefficient (Wildman–Crippen LogP) is 5.00. The molecule has 0 aliphatic carbocycles. The number of aromatic amines is 1. The number of aliphatic carboxylic acids is 1. The summed E-state index contributed by atoms with van der Waals surface area (Å²) in [5, 5.41) is 19.6. The van der Waals surface area contributed by atoms with Crippen LogP contribution in [0.25, 0.3) is 22.0 Å².